The second-order valence-electron chi connectivity index (χ2n) is 7.92. The molecule has 2 N–H and O–H groups in total. The lowest BCUT2D eigenvalue weighted by Gasteiger charge is -2.09. The van der Waals surface area contributed by atoms with Gasteiger partial charge in [-0.15, -0.1) is 11.3 Å². The van der Waals surface area contributed by atoms with Crippen molar-refractivity contribution >= 4 is 61.8 Å². The minimum atomic E-state index is -4.44. The minimum Gasteiger partial charge on any atom is -0.487 e. The van der Waals surface area contributed by atoms with Gasteiger partial charge in [-0.05, 0) is 59.7 Å². The molecular formula is C26H19BrClF3N4O2S. The Balaban J connectivity index is 1.26. The average molecular weight is 624 g/mol. The number of hydrogen-bond donors (Lipinski definition) is 2. The predicted octanol–water partition coefficient (Wildman–Crippen LogP) is 7.59. The van der Waals surface area contributed by atoms with Crippen LogP contribution in [0, 0.1) is 0 Å². The Morgan fingerprint density at radius 1 is 1.13 bits per heavy atom. The zero-order valence-electron chi connectivity index (χ0n) is 19.4. The van der Waals surface area contributed by atoms with Crippen molar-refractivity contribution in [1.29, 1.82) is 0 Å². The Morgan fingerprint density at radius 2 is 1.92 bits per heavy atom. The Labute approximate surface area is 233 Å². The van der Waals surface area contributed by atoms with Gasteiger partial charge in [-0.2, -0.15) is 18.3 Å². The highest BCUT2D eigenvalue weighted by atomic mass is 79.9. The van der Waals surface area contributed by atoms with E-state index in [9.17, 15) is 18.0 Å². The molecule has 196 valence electrons. The monoisotopic (exact) mass is 622 g/mol. The summed E-state index contributed by atoms with van der Waals surface area (Å²) in [4.78, 5) is 16.5. The summed E-state index contributed by atoms with van der Waals surface area (Å²) in [6.45, 7) is 0.365. The van der Waals surface area contributed by atoms with Gasteiger partial charge in [0.15, 0.2) is 5.13 Å². The lowest BCUT2D eigenvalue weighted by molar-refractivity contribution is -0.137. The number of benzene rings is 3. The SMILES string of the molecule is O=C(Cc1csc(Nc2cccc(C(F)(F)F)c2)n1)N/N=C\c1ccc(OCc2ccc(Br)cc2)c(Cl)c1. The van der Waals surface area contributed by atoms with Crippen molar-refractivity contribution in [3.05, 3.63) is 104 Å². The summed E-state index contributed by atoms with van der Waals surface area (Å²) < 4.78 is 45.4. The molecule has 1 aromatic heterocycles. The molecule has 0 spiro atoms. The smallest absolute Gasteiger partial charge is 0.416 e. The first-order valence-electron chi connectivity index (χ1n) is 11.0. The molecular weight excluding hydrogens is 605 g/mol. The second-order valence-corrected chi connectivity index (χ2v) is 10.1. The van der Waals surface area contributed by atoms with Crippen LogP contribution in [0.5, 0.6) is 5.75 Å². The number of alkyl halides is 3. The molecule has 38 heavy (non-hydrogen) atoms. The highest BCUT2D eigenvalue weighted by Crippen LogP contribution is 2.32. The first kappa shape index (κ1) is 27.6. The number of nitrogens with one attached hydrogen (secondary N) is 2. The molecule has 6 nitrogen and oxygen atoms in total. The van der Waals surface area contributed by atoms with Crippen LogP contribution in [-0.4, -0.2) is 17.1 Å². The molecule has 12 heteroatoms. The molecule has 0 aliphatic carbocycles. The van der Waals surface area contributed by atoms with E-state index in [0.717, 1.165) is 22.2 Å². The molecule has 0 aliphatic heterocycles. The maximum absolute atomic E-state index is 12.9. The fraction of sp³-hybridized carbons (Fsp3) is 0.115. The van der Waals surface area contributed by atoms with E-state index in [1.54, 1.807) is 23.6 Å². The third-order valence-electron chi connectivity index (χ3n) is 5.00. The zero-order chi connectivity index (χ0) is 27.1. The van der Waals surface area contributed by atoms with Gasteiger partial charge in [0.1, 0.15) is 12.4 Å². The van der Waals surface area contributed by atoms with Crippen LogP contribution in [0.1, 0.15) is 22.4 Å². The molecule has 0 fully saturated rings. The van der Waals surface area contributed by atoms with Crippen molar-refractivity contribution in [3.63, 3.8) is 0 Å². The van der Waals surface area contributed by atoms with Crippen molar-refractivity contribution in [2.24, 2.45) is 5.10 Å². The van der Waals surface area contributed by atoms with Crippen LogP contribution in [0.15, 0.2) is 81.7 Å². The van der Waals surface area contributed by atoms with E-state index >= 15 is 0 Å². The molecule has 0 atom stereocenters. The van der Waals surface area contributed by atoms with Gasteiger partial charge >= 0.3 is 6.18 Å². The van der Waals surface area contributed by atoms with Crippen LogP contribution in [0.25, 0.3) is 0 Å². The van der Waals surface area contributed by atoms with E-state index in [0.29, 0.717) is 33.8 Å². The number of hydrazone groups is 1. The van der Waals surface area contributed by atoms with Gasteiger partial charge in [0.2, 0.25) is 5.91 Å². The Bertz CT molecular complexity index is 1450. The number of ether oxygens (including phenoxy) is 1. The third-order valence-corrected chi connectivity index (χ3v) is 6.63. The molecule has 4 aromatic rings. The second kappa shape index (κ2) is 12.4. The van der Waals surface area contributed by atoms with E-state index in [4.69, 9.17) is 16.3 Å². The van der Waals surface area contributed by atoms with Crippen LogP contribution in [-0.2, 0) is 24.0 Å². The van der Waals surface area contributed by atoms with Crippen molar-refractivity contribution in [1.82, 2.24) is 10.4 Å². The van der Waals surface area contributed by atoms with Crippen LogP contribution in [0.4, 0.5) is 24.0 Å². The molecule has 1 heterocycles. The standard InChI is InChI=1S/C26H19BrClF3N4O2S/c27-19-7-4-16(5-8-19)14-37-23-9-6-17(10-22(23)28)13-32-35-24(36)12-21-15-38-25(34-21)33-20-3-1-2-18(11-20)26(29,30)31/h1-11,13,15H,12,14H2,(H,33,34)(H,35,36)/b32-13-. The molecule has 4 rings (SSSR count). The van der Waals surface area contributed by atoms with Gasteiger partial charge in [0, 0.05) is 15.5 Å². The largest absolute Gasteiger partial charge is 0.487 e. The summed E-state index contributed by atoms with van der Waals surface area (Å²) in [5.74, 6) is 0.117. The number of carbonyl (C=O) groups is 1. The van der Waals surface area contributed by atoms with E-state index in [2.05, 4.69) is 36.8 Å². The molecule has 0 unspecified atom stereocenters. The van der Waals surface area contributed by atoms with Gasteiger partial charge < -0.3 is 10.1 Å². The number of rotatable bonds is 9. The molecule has 3 aromatic carbocycles. The maximum atomic E-state index is 12.9. The van der Waals surface area contributed by atoms with Crippen LogP contribution >= 0.6 is 38.9 Å². The number of amides is 1. The zero-order valence-corrected chi connectivity index (χ0v) is 22.6. The molecule has 0 bridgehead atoms. The first-order valence-corrected chi connectivity index (χ1v) is 13.1. The summed E-state index contributed by atoms with van der Waals surface area (Å²) in [7, 11) is 0. The lowest BCUT2D eigenvalue weighted by atomic mass is 10.2. The average Bonchev–Trinajstić information content (AvgIpc) is 3.30. The minimum absolute atomic E-state index is 0.0539. The Kier molecular flexibility index (Phi) is 9.03. The van der Waals surface area contributed by atoms with Crippen molar-refractivity contribution in [2.45, 2.75) is 19.2 Å². The molecule has 1 amide bonds. The fourth-order valence-electron chi connectivity index (χ4n) is 3.18. The number of thiazole rings is 1. The van der Waals surface area contributed by atoms with E-state index in [1.165, 1.54) is 29.7 Å². The number of carbonyl (C=O) groups excluding carboxylic acids is 1. The first-order chi connectivity index (χ1) is 18.2. The Hall–Kier alpha value is -3.41. The fourth-order valence-corrected chi connectivity index (χ4v) is 4.42. The summed E-state index contributed by atoms with van der Waals surface area (Å²) in [5.41, 5.74) is 4.01. The quantitative estimate of drug-likeness (QED) is 0.149. The highest BCUT2D eigenvalue weighted by Gasteiger charge is 2.30. The maximum Gasteiger partial charge on any atom is 0.416 e. The van der Waals surface area contributed by atoms with Crippen LogP contribution < -0.4 is 15.5 Å². The van der Waals surface area contributed by atoms with Gasteiger partial charge in [0.05, 0.1) is 28.9 Å². The molecule has 0 aliphatic rings. The third kappa shape index (κ3) is 8.04. The number of hydrogen-bond acceptors (Lipinski definition) is 6. The molecule has 0 radical (unpaired) electrons. The number of anilines is 2. The van der Waals surface area contributed by atoms with E-state index < -0.39 is 17.6 Å². The van der Waals surface area contributed by atoms with Gasteiger partial charge in [0.25, 0.3) is 0 Å². The number of nitrogens with zero attached hydrogens (tertiary/aromatic N) is 2. The van der Waals surface area contributed by atoms with Crippen molar-refractivity contribution in [3.8, 4) is 5.75 Å². The van der Waals surface area contributed by atoms with Gasteiger partial charge in [-0.25, -0.2) is 10.4 Å². The van der Waals surface area contributed by atoms with Crippen LogP contribution in [0.2, 0.25) is 5.02 Å². The van der Waals surface area contributed by atoms with Crippen molar-refractivity contribution < 1.29 is 22.7 Å². The van der Waals surface area contributed by atoms with Crippen LogP contribution in [0.3, 0.4) is 0 Å². The predicted molar refractivity (Wildman–Crippen MR) is 146 cm³/mol. The molecule has 0 saturated heterocycles. The van der Waals surface area contributed by atoms with Crippen molar-refractivity contribution in [2.75, 3.05) is 5.32 Å². The number of aromatic nitrogens is 1. The normalized spacial score (nSPS) is 11.5. The lowest BCUT2D eigenvalue weighted by Crippen LogP contribution is -2.19. The summed E-state index contributed by atoms with van der Waals surface area (Å²) >= 11 is 10.9. The van der Waals surface area contributed by atoms with E-state index in [-0.39, 0.29) is 12.1 Å². The summed E-state index contributed by atoms with van der Waals surface area (Å²) in [6, 6.07) is 17.7. The Morgan fingerprint density at radius 3 is 2.66 bits per heavy atom. The molecule has 0 saturated carbocycles. The van der Waals surface area contributed by atoms with Gasteiger partial charge in [-0.3, -0.25) is 4.79 Å². The van der Waals surface area contributed by atoms with E-state index in [1.807, 2.05) is 24.3 Å². The summed E-state index contributed by atoms with van der Waals surface area (Å²) in [5, 5.41) is 9.19. The number of halogens is 5. The topological polar surface area (TPSA) is 75.6 Å². The highest BCUT2D eigenvalue weighted by molar-refractivity contribution is 9.10. The van der Waals surface area contributed by atoms with Gasteiger partial charge in [-0.1, -0.05) is 45.7 Å². The summed E-state index contributed by atoms with van der Waals surface area (Å²) in [6.07, 6.45) is -3.04.